The lowest BCUT2D eigenvalue weighted by Crippen LogP contribution is -2.50. The van der Waals surface area contributed by atoms with Crippen molar-refractivity contribution in [3.8, 4) is 0 Å². The zero-order chi connectivity index (χ0) is 12.5. The van der Waals surface area contributed by atoms with Crippen LogP contribution in [0.15, 0.2) is 0 Å². The summed E-state index contributed by atoms with van der Waals surface area (Å²) < 4.78 is 0. The molecule has 2 N–H and O–H groups in total. The fourth-order valence-electron chi connectivity index (χ4n) is 2.45. The molecular weight excluding hydrogens is 234 g/mol. The Morgan fingerprint density at radius 3 is 2.72 bits per heavy atom. The van der Waals surface area contributed by atoms with Gasteiger partial charge in [0.15, 0.2) is 6.29 Å². The minimum Gasteiger partial charge on any atom is -0.322 e. The molecule has 3 rings (SSSR count). The Morgan fingerprint density at radius 1 is 1.22 bits per heavy atom. The van der Waals surface area contributed by atoms with Crippen LogP contribution >= 0.6 is 0 Å². The molecule has 0 atom stereocenters. The fourth-order valence-corrected chi connectivity index (χ4v) is 2.45. The van der Waals surface area contributed by atoms with Gasteiger partial charge in [-0.3, -0.25) is 9.89 Å². The van der Waals surface area contributed by atoms with Crippen LogP contribution in [0.5, 0.6) is 0 Å². The van der Waals surface area contributed by atoms with Crippen molar-refractivity contribution >= 4 is 12.3 Å². The highest BCUT2D eigenvalue weighted by molar-refractivity contribution is 5.78. The average molecular weight is 249 g/mol. The van der Waals surface area contributed by atoms with Gasteiger partial charge in [0.05, 0.1) is 18.8 Å². The molecule has 2 aliphatic heterocycles. The summed E-state index contributed by atoms with van der Waals surface area (Å²) in [6.07, 6.45) is 0.730. The minimum absolute atomic E-state index is 0.0398. The largest absolute Gasteiger partial charge is 0.322 e. The smallest absolute Gasteiger partial charge is 0.320 e. The second-order valence-electron chi connectivity index (χ2n) is 4.56. The summed E-state index contributed by atoms with van der Waals surface area (Å²) in [5.74, 6) is 0. The predicted octanol–water partition coefficient (Wildman–Crippen LogP) is -0.437. The molecule has 0 bridgehead atoms. The second kappa shape index (κ2) is 4.41. The lowest BCUT2D eigenvalue weighted by Gasteiger charge is -2.31. The van der Waals surface area contributed by atoms with Gasteiger partial charge in [-0.15, -0.1) is 0 Å². The molecule has 0 aliphatic carbocycles. The summed E-state index contributed by atoms with van der Waals surface area (Å²) in [5, 5.41) is 9.94. The number of H-pyrrole nitrogens is 1. The number of carbonyl (C=O) groups excluding carboxylic acids is 2. The molecular formula is C11H15N5O2. The number of nitrogens with one attached hydrogen (secondary N) is 2. The molecule has 1 aromatic rings. The van der Waals surface area contributed by atoms with Crippen LogP contribution in [0, 0.1) is 0 Å². The van der Waals surface area contributed by atoms with Crippen molar-refractivity contribution in [2.24, 2.45) is 0 Å². The van der Waals surface area contributed by atoms with Gasteiger partial charge < -0.3 is 15.1 Å². The first-order valence-corrected chi connectivity index (χ1v) is 6.05. The van der Waals surface area contributed by atoms with E-state index in [9.17, 15) is 9.59 Å². The van der Waals surface area contributed by atoms with E-state index < -0.39 is 0 Å². The van der Waals surface area contributed by atoms with Gasteiger partial charge in [0.2, 0.25) is 0 Å². The van der Waals surface area contributed by atoms with Crippen molar-refractivity contribution in [3.05, 3.63) is 17.0 Å². The molecule has 0 radical (unpaired) electrons. The number of aromatic amines is 1. The number of nitrogens with zero attached hydrogens (tertiary/aromatic N) is 3. The van der Waals surface area contributed by atoms with Crippen molar-refractivity contribution in [1.29, 1.82) is 0 Å². The maximum absolute atomic E-state index is 12.3. The van der Waals surface area contributed by atoms with Crippen molar-refractivity contribution < 1.29 is 9.59 Å². The summed E-state index contributed by atoms with van der Waals surface area (Å²) in [5.41, 5.74) is 2.15. The lowest BCUT2D eigenvalue weighted by atomic mass is 10.2. The SMILES string of the molecule is O=Cc1n[nH]c2c1CN(C(=O)N1CCNCC1)C2. The fraction of sp³-hybridized carbons (Fsp3) is 0.545. The van der Waals surface area contributed by atoms with Crippen LogP contribution in [-0.2, 0) is 13.1 Å². The zero-order valence-corrected chi connectivity index (χ0v) is 9.98. The molecule has 7 nitrogen and oxygen atoms in total. The Labute approximate surface area is 104 Å². The molecule has 96 valence electrons. The van der Waals surface area contributed by atoms with Crippen LogP contribution in [0.3, 0.4) is 0 Å². The second-order valence-corrected chi connectivity index (χ2v) is 4.56. The van der Waals surface area contributed by atoms with E-state index >= 15 is 0 Å². The number of urea groups is 1. The number of piperazine rings is 1. The van der Waals surface area contributed by atoms with E-state index in [-0.39, 0.29) is 6.03 Å². The van der Waals surface area contributed by atoms with Crippen molar-refractivity contribution in [2.45, 2.75) is 13.1 Å². The van der Waals surface area contributed by atoms with Crippen LogP contribution in [0.25, 0.3) is 0 Å². The maximum atomic E-state index is 12.3. The third kappa shape index (κ3) is 1.76. The van der Waals surface area contributed by atoms with E-state index in [0.29, 0.717) is 18.8 Å². The van der Waals surface area contributed by atoms with E-state index in [1.165, 1.54) is 0 Å². The molecule has 18 heavy (non-hydrogen) atoms. The highest BCUT2D eigenvalue weighted by Crippen LogP contribution is 2.23. The Bertz CT molecular complexity index is 478. The Morgan fingerprint density at radius 2 is 2.00 bits per heavy atom. The third-order valence-corrected chi connectivity index (χ3v) is 3.45. The van der Waals surface area contributed by atoms with Gasteiger partial charge in [-0.05, 0) is 0 Å². The van der Waals surface area contributed by atoms with Gasteiger partial charge in [0.25, 0.3) is 0 Å². The quantitative estimate of drug-likeness (QED) is 0.661. The zero-order valence-electron chi connectivity index (χ0n) is 9.98. The van der Waals surface area contributed by atoms with Gasteiger partial charge in [-0.1, -0.05) is 0 Å². The first-order valence-electron chi connectivity index (χ1n) is 6.05. The summed E-state index contributed by atoms with van der Waals surface area (Å²) in [4.78, 5) is 26.7. The Kier molecular flexibility index (Phi) is 2.75. The Balaban J connectivity index is 1.71. The molecule has 2 amide bonds. The maximum Gasteiger partial charge on any atom is 0.320 e. The molecule has 2 aliphatic rings. The molecule has 0 saturated carbocycles. The third-order valence-electron chi connectivity index (χ3n) is 3.45. The van der Waals surface area contributed by atoms with E-state index in [2.05, 4.69) is 15.5 Å². The topological polar surface area (TPSA) is 81.3 Å². The summed E-state index contributed by atoms with van der Waals surface area (Å²) in [6, 6.07) is 0.0398. The molecule has 1 aromatic heterocycles. The summed E-state index contributed by atoms with van der Waals surface area (Å²) in [7, 11) is 0. The van der Waals surface area contributed by atoms with Crippen LogP contribution in [-0.4, -0.2) is 58.5 Å². The molecule has 0 unspecified atom stereocenters. The van der Waals surface area contributed by atoms with E-state index in [1.807, 2.05) is 4.90 Å². The van der Waals surface area contributed by atoms with Gasteiger partial charge in [-0.2, -0.15) is 5.10 Å². The number of aldehydes is 1. The number of carbonyl (C=O) groups is 2. The molecule has 7 heteroatoms. The number of fused-ring (bicyclic) bond motifs is 1. The molecule has 3 heterocycles. The normalized spacial score (nSPS) is 18.9. The van der Waals surface area contributed by atoms with Crippen LogP contribution in [0.4, 0.5) is 4.79 Å². The van der Waals surface area contributed by atoms with Gasteiger partial charge in [0.1, 0.15) is 5.69 Å². The highest BCUT2D eigenvalue weighted by Gasteiger charge is 2.30. The standard InChI is InChI=1S/C11H15N5O2/c17-7-10-8-5-16(6-9(8)13-14-10)11(18)15-3-1-12-2-4-15/h7,12H,1-6H2,(H,13,14). The van der Waals surface area contributed by atoms with Gasteiger partial charge in [0, 0.05) is 31.7 Å². The number of amides is 2. The molecule has 0 spiro atoms. The van der Waals surface area contributed by atoms with Crippen molar-refractivity contribution in [3.63, 3.8) is 0 Å². The molecule has 0 aromatic carbocycles. The van der Waals surface area contributed by atoms with E-state index in [0.717, 1.165) is 43.7 Å². The van der Waals surface area contributed by atoms with Gasteiger partial charge in [-0.25, -0.2) is 4.79 Å². The number of rotatable bonds is 1. The van der Waals surface area contributed by atoms with E-state index in [1.54, 1.807) is 4.90 Å². The van der Waals surface area contributed by atoms with Crippen LogP contribution < -0.4 is 5.32 Å². The van der Waals surface area contributed by atoms with Gasteiger partial charge >= 0.3 is 6.03 Å². The molecule has 1 fully saturated rings. The monoisotopic (exact) mass is 249 g/mol. The van der Waals surface area contributed by atoms with E-state index in [4.69, 9.17) is 0 Å². The first kappa shape index (κ1) is 11.2. The van der Waals surface area contributed by atoms with Crippen LogP contribution in [0.2, 0.25) is 0 Å². The van der Waals surface area contributed by atoms with Crippen molar-refractivity contribution in [2.75, 3.05) is 26.2 Å². The highest BCUT2D eigenvalue weighted by atomic mass is 16.2. The summed E-state index contributed by atoms with van der Waals surface area (Å²) >= 11 is 0. The minimum atomic E-state index is 0.0398. The van der Waals surface area contributed by atoms with Crippen molar-refractivity contribution in [1.82, 2.24) is 25.3 Å². The average Bonchev–Trinajstić information content (AvgIpc) is 2.98. The first-order chi connectivity index (χ1) is 8.79. The number of hydrogen-bond donors (Lipinski definition) is 2. The Hall–Kier alpha value is -1.89. The molecule has 1 saturated heterocycles. The number of aromatic nitrogens is 2. The number of hydrogen-bond acceptors (Lipinski definition) is 4. The van der Waals surface area contributed by atoms with Crippen LogP contribution in [0.1, 0.15) is 21.7 Å². The summed E-state index contributed by atoms with van der Waals surface area (Å²) in [6.45, 7) is 4.14. The predicted molar refractivity (Wildman–Crippen MR) is 63.1 cm³/mol. The lowest BCUT2D eigenvalue weighted by molar-refractivity contribution is 0.111.